The van der Waals surface area contributed by atoms with Crippen LogP contribution in [-0.2, 0) is 11.8 Å². The summed E-state index contributed by atoms with van der Waals surface area (Å²) in [5, 5.41) is 9.35. The van der Waals surface area contributed by atoms with E-state index in [1.807, 2.05) is 0 Å². The van der Waals surface area contributed by atoms with Gasteiger partial charge in [0, 0.05) is 5.41 Å². The van der Waals surface area contributed by atoms with E-state index in [0.717, 1.165) is 0 Å². The molecule has 1 heteroatoms. The van der Waals surface area contributed by atoms with E-state index in [-0.39, 0.29) is 12.0 Å². The molecule has 0 aliphatic heterocycles. The van der Waals surface area contributed by atoms with Crippen molar-refractivity contribution in [2.24, 2.45) is 0 Å². The fraction of sp³-hybridized carbons (Fsp3) is 0.600. The summed E-state index contributed by atoms with van der Waals surface area (Å²) in [6, 6.07) is 6.60. The van der Waals surface area contributed by atoms with Crippen LogP contribution in [0.5, 0.6) is 0 Å². The van der Waals surface area contributed by atoms with E-state index in [0.29, 0.717) is 0 Å². The minimum atomic E-state index is -0.131. The van der Waals surface area contributed by atoms with E-state index in [9.17, 15) is 5.11 Å². The molecule has 1 aromatic rings. The number of hydrogen-bond acceptors (Lipinski definition) is 1. The van der Waals surface area contributed by atoms with Crippen LogP contribution in [0.15, 0.2) is 18.2 Å². The topological polar surface area (TPSA) is 20.2 Å². The quantitative estimate of drug-likeness (QED) is 0.803. The zero-order chi connectivity index (χ0) is 12.2. The maximum atomic E-state index is 9.35. The second-order valence-corrected chi connectivity index (χ2v) is 5.29. The monoisotopic (exact) mass is 220 g/mol. The van der Waals surface area contributed by atoms with Gasteiger partial charge in [-0.2, -0.15) is 0 Å². The van der Waals surface area contributed by atoms with Crippen LogP contribution < -0.4 is 0 Å². The minimum Gasteiger partial charge on any atom is -0.395 e. The van der Waals surface area contributed by atoms with Crippen molar-refractivity contribution in [1.29, 1.82) is 0 Å². The molecule has 0 aliphatic carbocycles. The normalized spacial score (nSPS) is 11.8. The first-order valence-electron chi connectivity index (χ1n) is 6.22. The maximum Gasteiger partial charge on any atom is 0.0522 e. The molecule has 0 spiro atoms. The van der Waals surface area contributed by atoms with Crippen LogP contribution in [0.2, 0.25) is 0 Å². The Hall–Kier alpha value is -0.820. The highest BCUT2D eigenvalue weighted by atomic mass is 16.3. The average Bonchev–Trinajstić information content (AvgIpc) is 2.27. The summed E-state index contributed by atoms with van der Waals surface area (Å²) in [4.78, 5) is 0. The van der Waals surface area contributed by atoms with Gasteiger partial charge in [-0.15, -0.1) is 0 Å². The summed E-state index contributed by atoms with van der Waals surface area (Å²) in [5.41, 5.74) is 3.90. The van der Waals surface area contributed by atoms with Crippen LogP contribution in [0.25, 0.3) is 0 Å². The number of unbranched alkanes of at least 4 members (excludes halogenated alkanes) is 1. The first kappa shape index (κ1) is 13.2. The molecule has 1 rings (SSSR count). The molecule has 0 fully saturated rings. The van der Waals surface area contributed by atoms with Gasteiger partial charge < -0.3 is 5.11 Å². The summed E-state index contributed by atoms with van der Waals surface area (Å²) in [6.07, 6.45) is 3.66. The second kappa shape index (κ2) is 5.49. The molecule has 0 saturated heterocycles. The molecule has 0 amide bonds. The first-order chi connectivity index (χ1) is 7.51. The molecular weight excluding hydrogens is 196 g/mol. The summed E-state index contributed by atoms with van der Waals surface area (Å²) in [5.74, 6) is 0. The van der Waals surface area contributed by atoms with Crippen molar-refractivity contribution in [1.82, 2.24) is 0 Å². The molecule has 0 saturated carbocycles. The van der Waals surface area contributed by atoms with Crippen molar-refractivity contribution in [3.63, 3.8) is 0 Å². The van der Waals surface area contributed by atoms with Gasteiger partial charge in [-0.25, -0.2) is 0 Å². The van der Waals surface area contributed by atoms with E-state index in [2.05, 4.69) is 45.9 Å². The third kappa shape index (κ3) is 3.08. The van der Waals surface area contributed by atoms with E-state index >= 15 is 0 Å². The van der Waals surface area contributed by atoms with Gasteiger partial charge in [0.15, 0.2) is 0 Å². The van der Waals surface area contributed by atoms with E-state index in [4.69, 9.17) is 0 Å². The molecule has 1 aromatic carbocycles. The van der Waals surface area contributed by atoms with Gasteiger partial charge >= 0.3 is 0 Å². The van der Waals surface area contributed by atoms with Crippen LogP contribution in [0.3, 0.4) is 0 Å². The number of rotatable bonds is 5. The lowest BCUT2D eigenvalue weighted by molar-refractivity contribution is 0.218. The van der Waals surface area contributed by atoms with Gasteiger partial charge in [-0.3, -0.25) is 0 Å². The summed E-state index contributed by atoms with van der Waals surface area (Å²) in [6.45, 7) is 8.74. The lowest BCUT2D eigenvalue weighted by Crippen LogP contribution is -2.22. The lowest BCUT2D eigenvalue weighted by atomic mass is 9.84. The Morgan fingerprint density at radius 3 is 2.44 bits per heavy atom. The Morgan fingerprint density at radius 2 is 1.94 bits per heavy atom. The number of benzene rings is 1. The molecule has 0 aromatic heterocycles. The molecule has 0 bridgehead atoms. The molecule has 1 N–H and O–H groups in total. The predicted octanol–water partition coefficient (Wildman–Crippen LogP) is 3.61. The smallest absolute Gasteiger partial charge is 0.0522 e. The molecule has 0 aliphatic rings. The van der Waals surface area contributed by atoms with Crippen molar-refractivity contribution in [3.05, 3.63) is 34.9 Å². The van der Waals surface area contributed by atoms with Gasteiger partial charge in [0.25, 0.3) is 0 Å². The maximum absolute atomic E-state index is 9.35. The van der Waals surface area contributed by atoms with Crippen LogP contribution in [-0.4, -0.2) is 11.7 Å². The fourth-order valence-corrected chi connectivity index (χ4v) is 1.86. The highest BCUT2D eigenvalue weighted by molar-refractivity contribution is 5.34. The van der Waals surface area contributed by atoms with Crippen LogP contribution in [0.1, 0.15) is 50.3 Å². The van der Waals surface area contributed by atoms with Crippen molar-refractivity contribution >= 4 is 0 Å². The molecule has 90 valence electrons. The zero-order valence-corrected chi connectivity index (χ0v) is 11.0. The lowest BCUT2D eigenvalue weighted by Gasteiger charge is -2.23. The van der Waals surface area contributed by atoms with Gasteiger partial charge in [0.1, 0.15) is 0 Å². The molecule has 0 atom stereocenters. The molecular formula is C15H24O. The first-order valence-corrected chi connectivity index (χ1v) is 6.22. The van der Waals surface area contributed by atoms with Crippen LogP contribution in [0, 0.1) is 6.92 Å². The Bertz CT molecular complexity index is 339. The van der Waals surface area contributed by atoms with E-state index in [1.54, 1.807) is 0 Å². The second-order valence-electron chi connectivity index (χ2n) is 5.29. The highest BCUT2D eigenvalue weighted by Gasteiger charge is 2.19. The van der Waals surface area contributed by atoms with Gasteiger partial charge in [-0.05, 0) is 36.5 Å². The molecule has 1 nitrogen and oxygen atoms in total. The number of aryl methyl sites for hydroxylation is 2. The average molecular weight is 220 g/mol. The van der Waals surface area contributed by atoms with Crippen LogP contribution in [0.4, 0.5) is 0 Å². The van der Waals surface area contributed by atoms with E-state index in [1.165, 1.54) is 36.0 Å². The minimum absolute atomic E-state index is 0.131. The Kier molecular flexibility index (Phi) is 4.55. The third-order valence-electron chi connectivity index (χ3n) is 3.32. The van der Waals surface area contributed by atoms with Gasteiger partial charge in [0.2, 0.25) is 0 Å². The van der Waals surface area contributed by atoms with Crippen LogP contribution >= 0.6 is 0 Å². The molecule has 16 heavy (non-hydrogen) atoms. The molecule has 0 heterocycles. The Morgan fingerprint density at radius 1 is 1.25 bits per heavy atom. The predicted molar refractivity (Wildman–Crippen MR) is 69.9 cm³/mol. The molecule has 0 radical (unpaired) electrons. The van der Waals surface area contributed by atoms with E-state index < -0.39 is 0 Å². The van der Waals surface area contributed by atoms with Crippen molar-refractivity contribution < 1.29 is 5.11 Å². The number of hydrogen-bond donors (Lipinski definition) is 1. The highest BCUT2D eigenvalue weighted by Crippen LogP contribution is 2.25. The Balaban J connectivity index is 2.90. The van der Waals surface area contributed by atoms with Crippen molar-refractivity contribution in [2.75, 3.05) is 6.61 Å². The van der Waals surface area contributed by atoms with Gasteiger partial charge in [-0.1, -0.05) is 45.4 Å². The third-order valence-corrected chi connectivity index (χ3v) is 3.32. The standard InChI is InChI=1S/C15H24O/c1-5-6-7-13-8-9-14(10-12(13)2)15(3,4)11-16/h8-10,16H,5-7,11H2,1-4H3. The SMILES string of the molecule is CCCCc1ccc(C(C)(C)CO)cc1C. The summed E-state index contributed by atoms with van der Waals surface area (Å²) < 4.78 is 0. The summed E-state index contributed by atoms with van der Waals surface area (Å²) in [7, 11) is 0. The fourth-order valence-electron chi connectivity index (χ4n) is 1.86. The number of aliphatic hydroxyl groups excluding tert-OH is 1. The van der Waals surface area contributed by atoms with Gasteiger partial charge in [0.05, 0.1) is 6.61 Å². The van der Waals surface area contributed by atoms with Crippen molar-refractivity contribution in [3.8, 4) is 0 Å². The van der Waals surface area contributed by atoms with Crippen molar-refractivity contribution in [2.45, 2.75) is 52.4 Å². The summed E-state index contributed by atoms with van der Waals surface area (Å²) >= 11 is 0. The Labute approximate surface area is 99.5 Å². The zero-order valence-electron chi connectivity index (χ0n) is 11.0. The largest absolute Gasteiger partial charge is 0.395 e. The number of aliphatic hydroxyl groups is 1. The molecule has 0 unspecified atom stereocenters.